The van der Waals surface area contributed by atoms with Crippen LogP contribution in [0.5, 0.6) is 0 Å². The van der Waals surface area contributed by atoms with Gasteiger partial charge < -0.3 is 20.0 Å². The zero-order chi connectivity index (χ0) is 52.4. The van der Waals surface area contributed by atoms with E-state index in [1.165, 1.54) is 24.3 Å². The number of likely N-dealkylation sites (tertiary alicyclic amines) is 2. The number of benzene rings is 2. The van der Waals surface area contributed by atoms with Gasteiger partial charge in [-0.1, -0.05) is 34.8 Å². The molecule has 0 unspecified atom stereocenters. The normalized spacial score (nSPS) is 18.3. The van der Waals surface area contributed by atoms with Crippen molar-refractivity contribution in [2.24, 2.45) is 11.8 Å². The molecule has 20 nitrogen and oxygen atoms in total. The Morgan fingerprint density at radius 1 is 0.671 bits per heavy atom. The van der Waals surface area contributed by atoms with E-state index in [0.717, 1.165) is 86.8 Å². The molecule has 2 aromatic carbocycles. The van der Waals surface area contributed by atoms with Gasteiger partial charge in [0.1, 0.15) is 11.0 Å². The molecule has 0 radical (unpaired) electrons. The SMILES string of the molecule is Cc1cn2nc([C@@H]3CCCCN3C(=O)c3cc(Cl)ccc3NS(C)(=O)=O)cc2nc1Cl.Cc1cn2nc([C@@H]3CCCCN3C(=O)c3cc(Cl)ccc3NS(C)(=O)=O)cc2nc1N1CC(C#N)C1.N#CC1CNC1. The largest absolute Gasteiger partial charge is 0.354 e. The van der Waals surface area contributed by atoms with Crippen LogP contribution in [0.15, 0.2) is 60.9 Å². The highest BCUT2D eigenvalue weighted by Crippen LogP contribution is 2.37. The van der Waals surface area contributed by atoms with E-state index in [1.807, 2.05) is 32.2 Å². The number of fused-ring (bicyclic) bond motifs is 2. The predicted molar refractivity (Wildman–Crippen MR) is 279 cm³/mol. The first-order valence-electron chi connectivity index (χ1n) is 23.5. The number of nitriles is 2. The van der Waals surface area contributed by atoms with E-state index in [2.05, 4.69) is 41.9 Å². The van der Waals surface area contributed by atoms with Gasteiger partial charge in [0.25, 0.3) is 11.8 Å². The molecule has 4 aromatic heterocycles. The van der Waals surface area contributed by atoms with Crippen LogP contribution < -0.4 is 19.7 Å². The van der Waals surface area contributed by atoms with Crippen LogP contribution in [0.1, 0.15) is 93.8 Å². The fourth-order valence-corrected chi connectivity index (χ4v) is 10.7. The standard InChI is InChI=1S/C24H26ClN7O3S.C20H21Cl2N5O3S.C4H6N2/c1-15-12-32-22(27-23(15)30-13-16(11-26)14-30)10-20(28-32)21-5-3-4-8-31(21)24(33)18-9-17(25)6-7-19(18)29-36(2,34)35;1-12-11-27-18(23-19(12)22)10-16(24-27)17-5-3-4-8-26(17)20(28)14-9-13(21)6-7-15(14)25-31(2,29)30;5-1-4-2-6-3-4/h6-7,9-10,12,16,21,29H,3-5,8,13-14H2,1-2H3;6-7,9-11,17,25H,3-5,8H2,1-2H3;4,6H,2-3H2/t21-;17-;/m00./s1. The minimum absolute atomic E-state index is 0.0262. The molecule has 6 aromatic rings. The third kappa shape index (κ3) is 12.6. The fraction of sp³-hybridized carbons (Fsp3) is 0.417. The number of halogens is 3. The van der Waals surface area contributed by atoms with E-state index in [-0.39, 0.29) is 52.3 Å². The highest BCUT2D eigenvalue weighted by Gasteiger charge is 2.35. The summed E-state index contributed by atoms with van der Waals surface area (Å²) in [5.74, 6) is 0.562. The first-order chi connectivity index (χ1) is 34.7. The highest BCUT2D eigenvalue weighted by molar-refractivity contribution is 7.92. The Balaban J connectivity index is 0.000000176. The molecule has 4 saturated heterocycles. The molecule has 3 N–H and O–H groups in total. The van der Waals surface area contributed by atoms with Gasteiger partial charge in [-0.25, -0.2) is 35.8 Å². The Labute approximate surface area is 438 Å². The van der Waals surface area contributed by atoms with Crippen molar-refractivity contribution in [3.05, 3.63) is 110 Å². The van der Waals surface area contributed by atoms with Gasteiger partial charge in [0.2, 0.25) is 20.0 Å². The van der Waals surface area contributed by atoms with Gasteiger partial charge >= 0.3 is 0 Å². The predicted octanol–water partition coefficient (Wildman–Crippen LogP) is 7.20. The number of hydrogen-bond acceptors (Lipinski definition) is 14. The van der Waals surface area contributed by atoms with Crippen LogP contribution in [0, 0.1) is 48.3 Å². The summed E-state index contributed by atoms with van der Waals surface area (Å²) in [6.07, 6.45) is 10.8. The minimum atomic E-state index is -3.59. The summed E-state index contributed by atoms with van der Waals surface area (Å²) < 4.78 is 55.5. The van der Waals surface area contributed by atoms with Crippen molar-refractivity contribution in [3.8, 4) is 12.1 Å². The van der Waals surface area contributed by atoms with Crippen molar-refractivity contribution in [1.29, 1.82) is 10.5 Å². The first kappa shape index (κ1) is 53.0. The summed E-state index contributed by atoms with van der Waals surface area (Å²) in [4.78, 5) is 41.9. The van der Waals surface area contributed by atoms with Crippen molar-refractivity contribution >= 4 is 95.2 Å². The molecule has 0 spiro atoms. The number of carbonyl (C=O) groups excluding carboxylic acids is 2. The molecule has 0 aliphatic carbocycles. The molecule has 0 bridgehead atoms. The molecule has 2 amide bonds. The lowest BCUT2D eigenvalue weighted by molar-refractivity contribution is 0.0600. The fourth-order valence-electron chi connectivity index (χ4n) is 9.02. The third-order valence-corrected chi connectivity index (χ3v) is 14.8. The summed E-state index contributed by atoms with van der Waals surface area (Å²) in [6.45, 7) is 7.98. The number of sulfonamides is 2. The summed E-state index contributed by atoms with van der Waals surface area (Å²) in [5, 5.41) is 30.7. The Morgan fingerprint density at radius 3 is 1.56 bits per heavy atom. The van der Waals surface area contributed by atoms with Crippen molar-refractivity contribution in [2.45, 2.75) is 64.5 Å². The molecule has 0 saturated carbocycles. The summed E-state index contributed by atoms with van der Waals surface area (Å²) in [6, 6.07) is 16.7. The zero-order valence-electron chi connectivity index (χ0n) is 40.4. The smallest absolute Gasteiger partial charge is 0.256 e. The molecule has 25 heteroatoms. The molecule has 4 aliphatic rings. The van der Waals surface area contributed by atoms with Gasteiger partial charge in [-0.3, -0.25) is 19.0 Å². The van der Waals surface area contributed by atoms with Gasteiger partial charge in [0, 0.05) is 85.0 Å². The zero-order valence-corrected chi connectivity index (χ0v) is 44.3. The van der Waals surface area contributed by atoms with Crippen LogP contribution in [0.25, 0.3) is 11.3 Å². The van der Waals surface area contributed by atoms with Crippen LogP contribution in [-0.4, -0.2) is 119 Å². The van der Waals surface area contributed by atoms with E-state index in [9.17, 15) is 26.4 Å². The van der Waals surface area contributed by atoms with Crippen molar-refractivity contribution in [3.63, 3.8) is 0 Å². The lowest BCUT2D eigenvalue weighted by atomic mass is 9.98. The van der Waals surface area contributed by atoms with Crippen LogP contribution in [0.4, 0.5) is 17.2 Å². The monoisotopic (exact) mass is 1090 g/mol. The Morgan fingerprint density at radius 2 is 1.14 bits per heavy atom. The Bertz CT molecular complexity index is 3360. The van der Waals surface area contributed by atoms with Crippen LogP contribution in [0.3, 0.4) is 0 Å². The molecule has 2 atom stereocenters. The highest BCUT2D eigenvalue weighted by atomic mass is 35.5. The van der Waals surface area contributed by atoms with E-state index >= 15 is 0 Å². The number of nitrogens with zero attached hydrogens (tertiary/aromatic N) is 11. The van der Waals surface area contributed by atoms with E-state index in [0.29, 0.717) is 64.3 Å². The molecular weight excluding hydrogens is 1040 g/mol. The van der Waals surface area contributed by atoms with Crippen molar-refractivity contribution < 1.29 is 26.4 Å². The lowest BCUT2D eigenvalue weighted by Crippen LogP contribution is -2.46. The Kier molecular flexibility index (Phi) is 16.0. The maximum absolute atomic E-state index is 13.7. The first-order valence-corrected chi connectivity index (χ1v) is 28.4. The number of nitrogens with one attached hydrogen (secondary N) is 3. The number of rotatable bonds is 9. The molecule has 4 aliphatic heterocycles. The topological polar surface area (TPSA) is 256 Å². The second-order valence-electron chi connectivity index (χ2n) is 18.6. The lowest BCUT2D eigenvalue weighted by Gasteiger charge is -2.37. The maximum Gasteiger partial charge on any atom is 0.256 e. The average molecular weight is 1090 g/mol. The number of hydrogen-bond donors (Lipinski definition) is 3. The van der Waals surface area contributed by atoms with Gasteiger partial charge in [-0.15, -0.1) is 0 Å². The van der Waals surface area contributed by atoms with Gasteiger partial charge in [0.05, 0.1) is 82.5 Å². The summed E-state index contributed by atoms with van der Waals surface area (Å²) in [5.41, 5.74) is 5.26. The number of aryl methyl sites for hydroxylation is 2. The number of aromatic nitrogens is 6. The van der Waals surface area contributed by atoms with E-state index in [1.54, 1.807) is 37.2 Å². The van der Waals surface area contributed by atoms with Crippen molar-refractivity contribution in [2.75, 3.05) is 66.1 Å². The molecule has 73 heavy (non-hydrogen) atoms. The second-order valence-corrected chi connectivity index (χ2v) is 23.3. The Hall–Kier alpha value is -6.27. The van der Waals surface area contributed by atoms with Crippen LogP contribution in [-0.2, 0) is 20.0 Å². The van der Waals surface area contributed by atoms with Gasteiger partial charge in [-0.2, -0.15) is 20.7 Å². The summed E-state index contributed by atoms with van der Waals surface area (Å²) >= 11 is 18.4. The number of anilines is 3. The average Bonchev–Trinajstić information content (AvgIpc) is 3.92. The number of piperidine rings is 2. The minimum Gasteiger partial charge on any atom is -0.354 e. The number of amides is 2. The van der Waals surface area contributed by atoms with Crippen molar-refractivity contribution in [1.82, 2.24) is 44.3 Å². The van der Waals surface area contributed by atoms with Crippen LogP contribution in [0.2, 0.25) is 15.2 Å². The molecule has 4 fully saturated rings. The molecule has 384 valence electrons. The molecule has 10 rings (SSSR count). The van der Waals surface area contributed by atoms with E-state index in [4.69, 9.17) is 55.4 Å². The van der Waals surface area contributed by atoms with E-state index < -0.39 is 20.0 Å². The molecule has 8 heterocycles. The number of carbonyl (C=O) groups is 2. The second kappa shape index (κ2) is 22.1. The third-order valence-electron chi connectivity index (χ3n) is 12.8. The maximum atomic E-state index is 13.7. The quantitative estimate of drug-likeness (QED) is 0.121. The van der Waals surface area contributed by atoms with Crippen LogP contribution >= 0.6 is 34.8 Å². The van der Waals surface area contributed by atoms with Gasteiger partial charge in [0.15, 0.2) is 11.3 Å². The van der Waals surface area contributed by atoms with Gasteiger partial charge in [-0.05, 0) is 88.8 Å². The summed E-state index contributed by atoms with van der Waals surface area (Å²) in [7, 11) is -7.16. The molecular formula is C48H53Cl3N14O6S2.